The number of hydrogen-bond donors (Lipinski definition) is 3. The van der Waals surface area contributed by atoms with E-state index in [1.54, 1.807) is 19.1 Å². The van der Waals surface area contributed by atoms with E-state index in [0.29, 0.717) is 5.69 Å². The molecule has 4 N–H and O–H groups in total. The van der Waals surface area contributed by atoms with Gasteiger partial charge >= 0.3 is 6.03 Å². The van der Waals surface area contributed by atoms with Crippen molar-refractivity contribution in [1.82, 2.24) is 10.6 Å². The summed E-state index contributed by atoms with van der Waals surface area (Å²) in [6, 6.07) is 6.74. The van der Waals surface area contributed by atoms with E-state index in [1.165, 1.54) is 18.8 Å². The van der Waals surface area contributed by atoms with Gasteiger partial charge < -0.3 is 11.1 Å². The number of nitrogens with one attached hydrogen (secondary N) is 2. The first kappa shape index (κ1) is 13.4. The van der Waals surface area contributed by atoms with Crippen molar-refractivity contribution >= 4 is 29.4 Å². The van der Waals surface area contributed by atoms with Gasteiger partial charge in [-0.15, -0.1) is 11.8 Å². The molecule has 0 aliphatic rings. The van der Waals surface area contributed by atoms with Gasteiger partial charge in [-0.2, -0.15) is 0 Å². The molecule has 17 heavy (non-hydrogen) atoms. The number of carbonyl (C=O) groups excluding carboxylic acids is 2. The Kier molecular flexibility index (Phi) is 4.84. The second-order valence-corrected chi connectivity index (χ2v) is 4.82. The average molecular weight is 253 g/mol. The molecule has 92 valence electrons. The Morgan fingerprint density at radius 1 is 1.41 bits per heavy atom. The molecule has 0 spiro atoms. The van der Waals surface area contributed by atoms with Crippen LogP contribution in [0.4, 0.5) is 10.5 Å². The maximum Gasteiger partial charge on any atom is 0.321 e. The SMILES string of the molecule is CNC(=O)NC(=O)C(C)Sc1cccc(N)c1. The first-order valence-corrected chi connectivity index (χ1v) is 5.95. The summed E-state index contributed by atoms with van der Waals surface area (Å²) in [6.07, 6.45) is 0. The Morgan fingerprint density at radius 2 is 2.12 bits per heavy atom. The lowest BCUT2D eigenvalue weighted by molar-refractivity contribution is -0.119. The van der Waals surface area contributed by atoms with Gasteiger partial charge in [0.1, 0.15) is 0 Å². The molecule has 1 unspecified atom stereocenters. The fourth-order valence-corrected chi connectivity index (χ4v) is 2.06. The first-order valence-electron chi connectivity index (χ1n) is 5.07. The number of carbonyl (C=O) groups is 2. The summed E-state index contributed by atoms with van der Waals surface area (Å²) in [5.74, 6) is -0.336. The second-order valence-electron chi connectivity index (χ2n) is 3.40. The molecule has 0 fully saturated rings. The van der Waals surface area contributed by atoms with E-state index >= 15 is 0 Å². The largest absolute Gasteiger partial charge is 0.399 e. The van der Waals surface area contributed by atoms with Gasteiger partial charge in [0.15, 0.2) is 0 Å². The first-order chi connectivity index (χ1) is 8.02. The van der Waals surface area contributed by atoms with Crippen LogP contribution in [0.2, 0.25) is 0 Å². The molecule has 1 aromatic carbocycles. The Balaban J connectivity index is 2.57. The van der Waals surface area contributed by atoms with Crippen LogP contribution in [-0.4, -0.2) is 24.2 Å². The molecule has 0 aliphatic carbocycles. The zero-order chi connectivity index (χ0) is 12.8. The van der Waals surface area contributed by atoms with Crippen molar-refractivity contribution in [3.63, 3.8) is 0 Å². The van der Waals surface area contributed by atoms with Gasteiger partial charge in [0.25, 0.3) is 0 Å². The van der Waals surface area contributed by atoms with Gasteiger partial charge in [0, 0.05) is 17.6 Å². The van der Waals surface area contributed by atoms with E-state index in [4.69, 9.17) is 5.73 Å². The molecule has 0 saturated carbocycles. The summed E-state index contributed by atoms with van der Waals surface area (Å²) in [7, 11) is 1.46. The third-order valence-electron chi connectivity index (χ3n) is 2.00. The summed E-state index contributed by atoms with van der Waals surface area (Å²) in [4.78, 5) is 23.4. The molecule has 6 heteroatoms. The molecular formula is C11H15N3O2S. The number of benzene rings is 1. The highest BCUT2D eigenvalue weighted by atomic mass is 32.2. The highest BCUT2D eigenvalue weighted by molar-refractivity contribution is 8.00. The number of nitrogens with two attached hydrogens (primary N) is 1. The number of thioether (sulfide) groups is 1. The van der Waals surface area contributed by atoms with E-state index in [9.17, 15) is 9.59 Å². The third-order valence-corrected chi connectivity index (χ3v) is 3.10. The molecule has 0 saturated heterocycles. The lowest BCUT2D eigenvalue weighted by Gasteiger charge is -2.11. The van der Waals surface area contributed by atoms with Crippen LogP contribution in [0.5, 0.6) is 0 Å². The number of nitrogen functional groups attached to an aromatic ring is 1. The van der Waals surface area contributed by atoms with Crippen molar-refractivity contribution in [2.75, 3.05) is 12.8 Å². The Labute approximate surface area is 104 Å². The number of rotatable bonds is 3. The van der Waals surface area contributed by atoms with Gasteiger partial charge in [0.05, 0.1) is 5.25 Å². The number of imide groups is 1. The fourth-order valence-electron chi connectivity index (χ4n) is 1.12. The van der Waals surface area contributed by atoms with Gasteiger partial charge in [-0.25, -0.2) is 4.79 Å². The van der Waals surface area contributed by atoms with Crippen molar-refractivity contribution in [2.24, 2.45) is 0 Å². The standard InChI is InChI=1S/C11H15N3O2S/c1-7(10(15)14-11(16)13-2)17-9-5-3-4-8(12)6-9/h3-7H,12H2,1-2H3,(H2,13,14,15,16). The van der Waals surface area contributed by atoms with Crippen LogP contribution in [0.15, 0.2) is 29.2 Å². The normalized spacial score (nSPS) is 11.6. The minimum absolute atomic E-state index is 0.336. The van der Waals surface area contributed by atoms with E-state index in [2.05, 4.69) is 10.6 Å². The predicted molar refractivity (Wildman–Crippen MR) is 68.8 cm³/mol. The smallest absolute Gasteiger partial charge is 0.321 e. The topological polar surface area (TPSA) is 84.2 Å². The van der Waals surface area contributed by atoms with Crippen LogP contribution in [0.25, 0.3) is 0 Å². The van der Waals surface area contributed by atoms with E-state index in [-0.39, 0.29) is 11.2 Å². The van der Waals surface area contributed by atoms with Gasteiger partial charge in [0.2, 0.25) is 5.91 Å². The molecule has 5 nitrogen and oxygen atoms in total. The summed E-state index contributed by atoms with van der Waals surface area (Å²) in [5, 5.41) is 4.18. The lowest BCUT2D eigenvalue weighted by Crippen LogP contribution is -2.41. The molecule has 0 heterocycles. The molecule has 1 atom stereocenters. The molecule has 0 aromatic heterocycles. The molecule has 0 radical (unpaired) electrons. The second kappa shape index (κ2) is 6.15. The van der Waals surface area contributed by atoms with Crippen LogP contribution < -0.4 is 16.4 Å². The predicted octanol–water partition coefficient (Wildman–Crippen LogP) is 1.20. The zero-order valence-electron chi connectivity index (χ0n) is 9.69. The minimum Gasteiger partial charge on any atom is -0.399 e. The molecule has 3 amide bonds. The summed E-state index contributed by atoms with van der Waals surface area (Å²) in [5.41, 5.74) is 6.28. The highest BCUT2D eigenvalue weighted by Crippen LogP contribution is 2.24. The van der Waals surface area contributed by atoms with Crippen molar-refractivity contribution in [2.45, 2.75) is 17.1 Å². The monoisotopic (exact) mass is 253 g/mol. The Bertz CT molecular complexity index is 423. The zero-order valence-corrected chi connectivity index (χ0v) is 10.5. The van der Waals surface area contributed by atoms with Gasteiger partial charge in [-0.1, -0.05) is 6.07 Å². The summed E-state index contributed by atoms with van der Waals surface area (Å²) in [6.45, 7) is 1.73. The molecular weight excluding hydrogens is 238 g/mol. The summed E-state index contributed by atoms with van der Waals surface area (Å²) < 4.78 is 0. The van der Waals surface area contributed by atoms with Crippen molar-refractivity contribution in [1.29, 1.82) is 0 Å². The molecule has 0 bridgehead atoms. The number of anilines is 1. The Hall–Kier alpha value is -1.69. The summed E-state index contributed by atoms with van der Waals surface area (Å²) >= 11 is 1.35. The quantitative estimate of drug-likeness (QED) is 0.558. The van der Waals surface area contributed by atoms with Gasteiger partial charge in [-0.05, 0) is 25.1 Å². The fraction of sp³-hybridized carbons (Fsp3) is 0.273. The van der Waals surface area contributed by atoms with Crippen LogP contribution in [0.1, 0.15) is 6.92 Å². The number of urea groups is 1. The number of hydrogen-bond acceptors (Lipinski definition) is 4. The van der Waals surface area contributed by atoms with Crippen molar-refractivity contribution in [3.8, 4) is 0 Å². The van der Waals surface area contributed by atoms with Crippen LogP contribution in [-0.2, 0) is 4.79 Å². The lowest BCUT2D eigenvalue weighted by atomic mass is 10.3. The van der Waals surface area contributed by atoms with E-state index in [1.807, 2.05) is 12.1 Å². The van der Waals surface area contributed by atoms with Gasteiger partial charge in [-0.3, -0.25) is 10.1 Å². The maximum atomic E-state index is 11.6. The average Bonchev–Trinajstić information content (AvgIpc) is 2.28. The molecule has 1 aromatic rings. The van der Waals surface area contributed by atoms with Crippen LogP contribution in [0, 0.1) is 0 Å². The van der Waals surface area contributed by atoms with Crippen molar-refractivity contribution < 1.29 is 9.59 Å². The highest BCUT2D eigenvalue weighted by Gasteiger charge is 2.16. The van der Waals surface area contributed by atoms with Crippen molar-refractivity contribution in [3.05, 3.63) is 24.3 Å². The van der Waals surface area contributed by atoms with E-state index < -0.39 is 6.03 Å². The minimum atomic E-state index is -0.505. The molecule has 0 aliphatic heterocycles. The third kappa shape index (κ3) is 4.36. The Morgan fingerprint density at radius 3 is 2.71 bits per heavy atom. The number of amides is 3. The van der Waals surface area contributed by atoms with Crippen LogP contribution in [0.3, 0.4) is 0 Å². The van der Waals surface area contributed by atoms with Crippen LogP contribution >= 0.6 is 11.8 Å². The maximum absolute atomic E-state index is 11.6. The molecule has 1 rings (SSSR count). The van der Waals surface area contributed by atoms with E-state index in [0.717, 1.165) is 4.90 Å².